The van der Waals surface area contributed by atoms with Crippen LogP contribution in [0.15, 0.2) is 40.9 Å². The highest BCUT2D eigenvalue weighted by Gasteiger charge is 2.06. The third-order valence-corrected chi connectivity index (χ3v) is 3.13. The Kier molecular flexibility index (Phi) is 4.19. The van der Waals surface area contributed by atoms with Gasteiger partial charge in [-0.2, -0.15) is 0 Å². The Balaban J connectivity index is 2.16. The first-order valence-electron chi connectivity index (χ1n) is 5.19. The summed E-state index contributed by atoms with van der Waals surface area (Å²) >= 11 is 9.07. The summed E-state index contributed by atoms with van der Waals surface area (Å²) in [4.78, 5) is 0. The fraction of sp³-hybridized carbons (Fsp3) is 0.0769. The molecule has 0 radical (unpaired) electrons. The Labute approximate surface area is 117 Å². The molecule has 0 aliphatic carbocycles. The van der Waals surface area contributed by atoms with Crippen LogP contribution in [-0.4, -0.2) is 0 Å². The van der Waals surface area contributed by atoms with Gasteiger partial charge < -0.3 is 5.32 Å². The molecule has 0 unspecified atom stereocenters. The molecule has 2 aromatic carbocycles. The molecule has 0 amide bonds. The van der Waals surface area contributed by atoms with Crippen molar-refractivity contribution in [2.45, 2.75) is 6.54 Å². The van der Waals surface area contributed by atoms with Gasteiger partial charge in [-0.1, -0.05) is 33.6 Å². The van der Waals surface area contributed by atoms with Gasteiger partial charge >= 0.3 is 0 Å². The largest absolute Gasteiger partial charge is 0.377 e. The lowest BCUT2D eigenvalue weighted by atomic mass is 10.2. The van der Waals surface area contributed by atoms with Crippen molar-refractivity contribution in [3.8, 4) is 0 Å². The SMILES string of the molecule is Fc1cc(Br)cc(CNc2c(F)cccc2Cl)c1. The molecule has 0 aromatic heterocycles. The second-order valence-electron chi connectivity index (χ2n) is 3.73. The molecular formula is C13H9BrClF2N. The summed E-state index contributed by atoms with van der Waals surface area (Å²) in [6, 6.07) is 8.93. The predicted octanol–water partition coefficient (Wildman–Crippen LogP) is 4.99. The molecule has 1 N–H and O–H groups in total. The van der Waals surface area contributed by atoms with E-state index >= 15 is 0 Å². The summed E-state index contributed by atoms with van der Waals surface area (Å²) in [5.41, 5.74) is 0.917. The van der Waals surface area contributed by atoms with Crippen LogP contribution in [0, 0.1) is 11.6 Å². The number of hydrogen-bond acceptors (Lipinski definition) is 1. The molecule has 0 fully saturated rings. The number of para-hydroxylation sites is 1. The molecule has 0 bridgehead atoms. The number of nitrogens with one attached hydrogen (secondary N) is 1. The van der Waals surface area contributed by atoms with Crippen LogP contribution in [0.2, 0.25) is 5.02 Å². The van der Waals surface area contributed by atoms with Gasteiger partial charge in [-0.15, -0.1) is 0 Å². The van der Waals surface area contributed by atoms with E-state index in [1.165, 1.54) is 24.3 Å². The van der Waals surface area contributed by atoms with E-state index in [9.17, 15) is 8.78 Å². The summed E-state index contributed by atoms with van der Waals surface area (Å²) in [5, 5.41) is 3.15. The maximum atomic E-state index is 13.5. The van der Waals surface area contributed by atoms with E-state index in [0.717, 1.165) is 0 Å². The molecule has 0 saturated heterocycles. The fourth-order valence-corrected chi connectivity index (χ4v) is 2.31. The Hall–Kier alpha value is -1.13. The molecular weight excluding hydrogens is 324 g/mol. The molecule has 0 spiro atoms. The van der Waals surface area contributed by atoms with Crippen LogP contribution in [0.3, 0.4) is 0 Å². The van der Waals surface area contributed by atoms with Gasteiger partial charge in [-0.25, -0.2) is 8.78 Å². The molecule has 0 saturated carbocycles. The van der Waals surface area contributed by atoms with Crippen LogP contribution in [0.1, 0.15) is 5.56 Å². The number of benzene rings is 2. The summed E-state index contributed by atoms with van der Waals surface area (Å²) in [7, 11) is 0. The molecule has 0 aliphatic rings. The number of hydrogen-bond donors (Lipinski definition) is 1. The molecule has 18 heavy (non-hydrogen) atoms. The minimum Gasteiger partial charge on any atom is -0.377 e. The zero-order valence-electron chi connectivity index (χ0n) is 9.18. The molecule has 94 valence electrons. The molecule has 1 nitrogen and oxygen atoms in total. The monoisotopic (exact) mass is 331 g/mol. The van der Waals surface area contributed by atoms with Gasteiger partial charge in [0.05, 0.1) is 10.7 Å². The molecule has 0 aliphatic heterocycles. The lowest BCUT2D eigenvalue weighted by Crippen LogP contribution is -2.02. The highest BCUT2D eigenvalue weighted by molar-refractivity contribution is 9.10. The maximum absolute atomic E-state index is 13.5. The van der Waals surface area contributed by atoms with Crippen molar-refractivity contribution in [2.75, 3.05) is 5.32 Å². The van der Waals surface area contributed by atoms with Crippen molar-refractivity contribution in [3.05, 3.63) is 63.1 Å². The van der Waals surface area contributed by atoms with E-state index in [-0.39, 0.29) is 18.0 Å². The van der Waals surface area contributed by atoms with E-state index < -0.39 is 5.82 Å². The van der Waals surface area contributed by atoms with Crippen LogP contribution in [-0.2, 0) is 6.54 Å². The minimum atomic E-state index is -0.432. The van der Waals surface area contributed by atoms with Gasteiger partial charge in [0.1, 0.15) is 11.6 Å². The first-order chi connectivity index (χ1) is 8.56. The lowest BCUT2D eigenvalue weighted by Gasteiger charge is -2.09. The zero-order valence-corrected chi connectivity index (χ0v) is 11.5. The first kappa shape index (κ1) is 13.3. The topological polar surface area (TPSA) is 12.0 Å². The molecule has 2 rings (SSSR count). The highest BCUT2D eigenvalue weighted by atomic mass is 79.9. The van der Waals surface area contributed by atoms with Crippen LogP contribution in [0.4, 0.5) is 14.5 Å². The van der Waals surface area contributed by atoms with Crippen LogP contribution < -0.4 is 5.32 Å². The maximum Gasteiger partial charge on any atom is 0.147 e. The van der Waals surface area contributed by atoms with E-state index in [4.69, 9.17) is 11.6 Å². The van der Waals surface area contributed by atoms with Crippen molar-refractivity contribution in [2.24, 2.45) is 0 Å². The van der Waals surface area contributed by atoms with Crippen molar-refractivity contribution in [1.82, 2.24) is 0 Å². The standard InChI is InChI=1S/C13H9BrClF2N/c14-9-4-8(5-10(16)6-9)7-18-13-11(15)2-1-3-12(13)17/h1-6,18H,7H2. The van der Waals surface area contributed by atoms with E-state index in [2.05, 4.69) is 21.2 Å². The van der Waals surface area contributed by atoms with Gasteiger partial charge in [-0.3, -0.25) is 0 Å². The van der Waals surface area contributed by atoms with Gasteiger partial charge in [0.25, 0.3) is 0 Å². The third kappa shape index (κ3) is 3.21. The smallest absolute Gasteiger partial charge is 0.147 e. The fourth-order valence-electron chi connectivity index (χ4n) is 1.57. The predicted molar refractivity (Wildman–Crippen MR) is 72.8 cm³/mol. The van der Waals surface area contributed by atoms with Crippen LogP contribution in [0.5, 0.6) is 0 Å². The average molecular weight is 333 g/mol. The van der Waals surface area contributed by atoms with Crippen molar-refractivity contribution in [1.29, 1.82) is 0 Å². The van der Waals surface area contributed by atoms with E-state index in [1.807, 2.05) is 0 Å². The average Bonchev–Trinajstić information content (AvgIpc) is 2.27. The van der Waals surface area contributed by atoms with Gasteiger partial charge in [0.2, 0.25) is 0 Å². The summed E-state index contributed by atoms with van der Waals surface area (Å²) in [5.74, 6) is -0.779. The van der Waals surface area contributed by atoms with Crippen LogP contribution >= 0.6 is 27.5 Å². The Bertz CT molecular complexity index is 534. The summed E-state index contributed by atoms with van der Waals surface area (Å²) in [6.45, 7) is 0.289. The van der Waals surface area contributed by atoms with Crippen molar-refractivity contribution in [3.63, 3.8) is 0 Å². The minimum absolute atomic E-state index is 0.222. The first-order valence-corrected chi connectivity index (χ1v) is 6.36. The quantitative estimate of drug-likeness (QED) is 0.834. The lowest BCUT2D eigenvalue weighted by molar-refractivity contribution is 0.624. The van der Waals surface area contributed by atoms with Gasteiger partial charge in [0, 0.05) is 11.0 Å². The van der Waals surface area contributed by atoms with Crippen LogP contribution in [0.25, 0.3) is 0 Å². The molecule has 5 heteroatoms. The normalized spacial score (nSPS) is 10.4. The van der Waals surface area contributed by atoms with E-state index in [1.54, 1.807) is 12.1 Å². The van der Waals surface area contributed by atoms with Crippen molar-refractivity contribution < 1.29 is 8.78 Å². The van der Waals surface area contributed by atoms with Gasteiger partial charge in [-0.05, 0) is 35.9 Å². The molecule has 0 atom stereocenters. The number of rotatable bonds is 3. The Morgan fingerprint density at radius 3 is 2.61 bits per heavy atom. The Morgan fingerprint density at radius 2 is 1.94 bits per heavy atom. The molecule has 0 heterocycles. The zero-order chi connectivity index (χ0) is 13.1. The number of halogens is 4. The summed E-state index contributed by atoms with van der Waals surface area (Å²) < 4.78 is 27.3. The Morgan fingerprint density at radius 1 is 1.17 bits per heavy atom. The third-order valence-electron chi connectivity index (χ3n) is 2.35. The van der Waals surface area contributed by atoms with Crippen molar-refractivity contribution >= 4 is 33.2 Å². The van der Waals surface area contributed by atoms with Gasteiger partial charge in [0.15, 0.2) is 0 Å². The highest BCUT2D eigenvalue weighted by Crippen LogP contribution is 2.25. The number of anilines is 1. The second kappa shape index (κ2) is 5.67. The molecule has 2 aromatic rings. The second-order valence-corrected chi connectivity index (χ2v) is 5.05. The van der Waals surface area contributed by atoms with E-state index in [0.29, 0.717) is 15.1 Å². The summed E-state index contributed by atoms with van der Waals surface area (Å²) in [6.07, 6.45) is 0.